The van der Waals surface area contributed by atoms with Gasteiger partial charge in [-0.15, -0.1) is 0 Å². The van der Waals surface area contributed by atoms with Crippen molar-refractivity contribution in [3.63, 3.8) is 0 Å². The molecule has 2 unspecified atom stereocenters. The Morgan fingerprint density at radius 1 is 0.875 bits per heavy atom. The Bertz CT molecular complexity index is 141. The first-order chi connectivity index (χ1) is 7.63. The Morgan fingerprint density at radius 2 is 1.31 bits per heavy atom. The van der Waals surface area contributed by atoms with Crippen LogP contribution in [0.2, 0.25) is 0 Å². The van der Waals surface area contributed by atoms with E-state index in [-0.39, 0.29) is 0 Å². The molecule has 0 aromatic heterocycles. The quantitative estimate of drug-likeness (QED) is 0.448. The van der Waals surface area contributed by atoms with E-state index in [1.807, 2.05) is 4.90 Å². The van der Waals surface area contributed by atoms with E-state index in [1.54, 1.807) is 6.92 Å². The predicted molar refractivity (Wildman–Crippen MR) is 68.3 cm³/mol. The fourth-order valence-electron chi connectivity index (χ4n) is 1.81. The molecule has 3 heteroatoms. The number of nitrogens with zero attached hydrogens (tertiary/aromatic N) is 1. The van der Waals surface area contributed by atoms with E-state index in [2.05, 4.69) is 13.8 Å². The number of unbranched alkanes of at least 4 members (excludes halogenated alkanes) is 4. The lowest BCUT2D eigenvalue weighted by molar-refractivity contribution is -0.0766. The largest absolute Gasteiger partial charge is 0.389 e. The average Bonchev–Trinajstić information content (AvgIpc) is 2.26. The molecule has 0 radical (unpaired) electrons. The van der Waals surface area contributed by atoms with Gasteiger partial charge in [0.15, 0.2) is 0 Å². The van der Waals surface area contributed by atoms with Crippen molar-refractivity contribution >= 4 is 0 Å². The lowest BCUT2D eigenvalue weighted by Crippen LogP contribution is -2.43. The Balaban J connectivity index is 3.94. The predicted octanol–water partition coefficient (Wildman–Crippen LogP) is 2.37. The second-order valence-electron chi connectivity index (χ2n) is 4.60. The summed E-state index contributed by atoms with van der Waals surface area (Å²) in [6, 6.07) is 0. The molecule has 0 amide bonds. The van der Waals surface area contributed by atoms with Crippen LogP contribution in [0.1, 0.15) is 59.3 Å². The topological polar surface area (TPSA) is 43.7 Å². The summed E-state index contributed by atoms with van der Waals surface area (Å²) in [6.45, 7) is 7.78. The van der Waals surface area contributed by atoms with Crippen LogP contribution < -0.4 is 0 Å². The molecule has 0 heterocycles. The van der Waals surface area contributed by atoms with Crippen molar-refractivity contribution in [2.45, 2.75) is 71.6 Å². The highest BCUT2D eigenvalue weighted by atomic mass is 16.3. The van der Waals surface area contributed by atoms with Crippen molar-refractivity contribution in [2.75, 3.05) is 13.1 Å². The number of aliphatic hydroxyl groups excluding tert-OH is 2. The molecule has 0 fully saturated rings. The van der Waals surface area contributed by atoms with Gasteiger partial charge in [0.25, 0.3) is 0 Å². The fourth-order valence-corrected chi connectivity index (χ4v) is 1.81. The Hall–Kier alpha value is -0.120. The molecule has 0 spiro atoms. The number of rotatable bonds is 10. The maximum atomic E-state index is 9.86. The van der Waals surface area contributed by atoms with Gasteiger partial charge in [0.05, 0.1) is 6.10 Å². The van der Waals surface area contributed by atoms with Crippen LogP contribution in [-0.2, 0) is 0 Å². The molecule has 0 saturated heterocycles. The van der Waals surface area contributed by atoms with Gasteiger partial charge in [-0.05, 0) is 19.8 Å². The molecule has 16 heavy (non-hydrogen) atoms. The Labute approximate surface area is 100 Å². The van der Waals surface area contributed by atoms with Crippen molar-refractivity contribution in [1.82, 2.24) is 4.90 Å². The average molecular weight is 231 g/mol. The van der Waals surface area contributed by atoms with Crippen LogP contribution >= 0.6 is 0 Å². The summed E-state index contributed by atoms with van der Waals surface area (Å²) in [6.07, 6.45) is 5.60. The minimum atomic E-state index is -0.700. The second-order valence-corrected chi connectivity index (χ2v) is 4.60. The molecule has 0 aromatic carbocycles. The fraction of sp³-hybridized carbons (Fsp3) is 1.00. The minimum Gasteiger partial charge on any atom is -0.389 e. The molecule has 0 bridgehead atoms. The van der Waals surface area contributed by atoms with Crippen molar-refractivity contribution in [3.05, 3.63) is 0 Å². The molecular weight excluding hydrogens is 202 g/mol. The highest BCUT2D eigenvalue weighted by molar-refractivity contribution is 4.66. The lowest BCUT2D eigenvalue weighted by atomic mass is 10.2. The van der Waals surface area contributed by atoms with Crippen molar-refractivity contribution in [2.24, 2.45) is 0 Å². The highest BCUT2D eigenvalue weighted by Gasteiger charge is 2.19. The van der Waals surface area contributed by atoms with Crippen molar-refractivity contribution in [3.8, 4) is 0 Å². The first kappa shape index (κ1) is 15.9. The zero-order chi connectivity index (χ0) is 12.4. The maximum Gasteiger partial charge on any atom is 0.133 e. The van der Waals surface area contributed by atoms with Crippen LogP contribution in [0.25, 0.3) is 0 Å². The van der Waals surface area contributed by atoms with E-state index in [0.717, 1.165) is 25.9 Å². The van der Waals surface area contributed by atoms with Crippen molar-refractivity contribution in [1.29, 1.82) is 0 Å². The molecule has 0 rings (SSSR count). The van der Waals surface area contributed by atoms with Gasteiger partial charge >= 0.3 is 0 Å². The summed E-state index contributed by atoms with van der Waals surface area (Å²) in [5.41, 5.74) is 0. The lowest BCUT2D eigenvalue weighted by Gasteiger charge is -2.29. The molecular formula is C13H29NO2. The third-order valence-electron chi connectivity index (χ3n) is 2.90. The van der Waals surface area contributed by atoms with Gasteiger partial charge in [0, 0.05) is 13.1 Å². The number of hydrogen-bond donors (Lipinski definition) is 2. The summed E-state index contributed by atoms with van der Waals surface area (Å²) in [4.78, 5) is 2.01. The molecule has 0 aliphatic rings. The summed E-state index contributed by atoms with van der Waals surface area (Å²) in [7, 11) is 0. The first-order valence-electron chi connectivity index (χ1n) is 6.73. The second kappa shape index (κ2) is 10.1. The van der Waals surface area contributed by atoms with Crippen LogP contribution in [-0.4, -0.2) is 40.5 Å². The Kier molecular flexibility index (Phi) is 9.99. The normalized spacial score (nSPS) is 15.4. The van der Waals surface area contributed by atoms with Gasteiger partial charge in [-0.1, -0.05) is 39.5 Å². The van der Waals surface area contributed by atoms with Gasteiger partial charge in [0.2, 0.25) is 0 Å². The zero-order valence-corrected chi connectivity index (χ0v) is 11.2. The van der Waals surface area contributed by atoms with Gasteiger partial charge in [0.1, 0.15) is 6.23 Å². The van der Waals surface area contributed by atoms with Crippen LogP contribution in [0.4, 0.5) is 0 Å². The summed E-state index contributed by atoms with van der Waals surface area (Å²) < 4.78 is 0. The van der Waals surface area contributed by atoms with Crippen LogP contribution in [0, 0.1) is 0 Å². The Morgan fingerprint density at radius 3 is 1.62 bits per heavy atom. The maximum absolute atomic E-state index is 9.86. The summed E-state index contributed by atoms with van der Waals surface area (Å²) >= 11 is 0. The van der Waals surface area contributed by atoms with Crippen molar-refractivity contribution < 1.29 is 10.2 Å². The minimum absolute atomic E-state index is 0.664. The van der Waals surface area contributed by atoms with Crippen LogP contribution in [0.5, 0.6) is 0 Å². The van der Waals surface area contributed by atoms with Gasteiger partial charge < -0.3 is 10.2 Å². The van der Waals surface area contributed by atoms with E-state index in [1.165, 1.54) is 25.7 Å². The molecule has 98 valence electrons. The molecule has 2 atom stereocenters. The van der Waals surface area contributed by atoms with E-state index < -0.39 is 12.3 Å². The third-order valence-corrected chi connectivity index (χ3v) is 2.90. The van der Waals surface area contributed by atoms with Crippen LogP contribution in [0.15, 0.2) is 0 Å². The van der Waals surface area contributed by atoms with E-state index >= 15 is 0 Å². The first-order valence-corrected chi connectivity index (χ1v) is 6.73. The smallest absolute Gasteiger partial charge is 0.133 e. The summed E-state index contributed by atoms with van der Waals surface area (Å²) in [5, 5.41) is 19.3. The monoisotopic (exact) mass is 231 g/mol. The highest BCUT2D eigenvalue weighted by Crippen LogP contribution is 2.08. The van der Waals surface area contributed by atoms with E-state index in [9.17, 15) is 10.2 Å². The van der Waals surface area contributed by atoms with Gasteiger partial charge in [-0.2, -0.15) is 0 Å². The summed E-state index contributed by atoms with van der Waals surface area (Å²) in [5.74, 6) is 0. The zero-order valence-electron chi connectivity index (χ0n) is 11.2. The van der Waals surface area contributed by atoms with E-state index in [0.29, 0.717) is 0 Å². The van der Waals surface area contributed by atoms with Gasteiger partial charge in [-0.25, -0.2) is 0 Å². The standard InChI is InChI=1S/C13H29NO2/c1-4-6-8-10-14(11-9-7-5-2)13(16)12(3)15/h12-13,15-16H,4-11H2,1-3H3. The SMILES string of the molecule is CCCCCN(CCCCC)C(O)C(C)O. The molecule has 3 nitrogen and oxygen atoms in total. The van der Waals surface area contributed by atoms with Crippen LogP contribution in [0.3, 0.4) is 0 Å². The molecule has 0 aliphatic heterocycles. The molecule has 0 aromatic rings. The molecule has 2 N–H and O–H groups in total. The van der Waals surface area contributed by atoms with E-state index in [4.69, 9.17) is 0 Å². The number of hydrogen-bond acceptors (Lipinski definition) is 3. The molecule has 0 aliphatic carbocycles. The van der Waals surface area contributed by atoms with Gasteiger partial charge in [-0.3, -0.25) is 4.90 Å². The number of aliphatic hydroxyl groups is 2. The molecule has 0 saturated carbocycles. The third kappa shape index (κ3) is 7.20.